The van der Waals surface area contributed by atoms with Gasteiger partial charge in [-0.15, -0.1) is 0 Å². The smallest absolute Gasteiger partial charge is 0.129 e. The molecule has 1 aliphatic carbocycles. The Morgan fingerprint density at radius 1 is 1.11 bits per heavy atom. The Kier molecular flexibility index (Phi) is 3.62. The minimum atomic E-state index is -0.535. The number of aliphatic hydroxyl groups excluding tert-OH is 2. The molecule has 19 heavy (non-hydrogen) atoms. The van der Waals surface area contributed by atoms with Crippen molar-refractivity contribution in [3.05, 3.63) is 23.8 Å². The van der Waals surface area contributed by atoms with Crippen LogP contribution in [0.15, 0.2) is 18.2 Å². The van der Waals surface area contributed by atoms with Gasteiger partial charge in [0.2, 0.25) is 0 Å². The zero-order valence-electron chi connectivity index (χ0n) is 10.9. The van der Waals surface area contributed by atoms with E-state index in [0.717, 1.165) is 37.7 Å². The summed E-state index contributed by atoms with van der Waals surface area (Å²) in [6.45, 7) is 0.310. The van der Waals surface area contributed by atoms with Crippen molar-refractivity contribution >= 4 is 0 Å². The lowest BCUT2D eigenvalue weighted by molar-refractivity contribution is 0.0319. The molecule has 1 aromatic rings. The third-order valence-corrected chi connectivity index (χ3v) is 3.95. The normalized spacial score (nSPS) is 30.3. The van der Waals surface area contributed by atoms with E-state index in [9.17, 15) is 10.2 Å². The van der Waals surface area contributed by atoms with Gasteiger partial charge in [0.1, 0.15) is 30.3 Å². The van der Waals surface area contributed by atoms with Gasteiger partial charge in [0.15, 0.2) is 0 Å². The van der Waals surface area contributed by atoms with Crippen LogP contribution in [0.25, 0.3) is 0 Å². The first-order valence-electron chi connectivity index (χ1n) is 7.03. The molecule has 3 rings (SSSR count). The molecular formula is C15H20O4. The van der Waals surface area contributed by atoms with Crippen LogP contribution in [-0.2, 0) is 0 Å². The van der Waals surface area contributed by atoms with Crippen molar-refractivity contribution in [2.75, 3.05) is 6.61 Å². The summed E-state index contributed by atoms with van der Waals surface area (Å²) in [5, 5.41) is 19.7. The van der Waals surface area contributed by atoms with E-state index in [-0.39, 0.29) is 12.2 Å². The van der Waals surface area contributed by atoms with E-state index in [1.807, 2.05) is 18.2 Å². The van der Waals surface area contributed by atoms with Crippen molar-refractivity contribution in [1.82, 2.24) is 0 Å². The van der Waals surface area contributed by atoms with Crippen LogP contribution in [0.4, 0.5) is 0 Å². The van der Waals surface area contributed by atoms with Gasteiger partial charge >= 0.3 is 0 Å². The molecule has 2 aliphatic rings. The van der Waals surface area contributed by atoms with E-state index in [2.05, 4.69) is 0 Å². The fraction of sp³-hybridized carbons (Fsp3) is 0.600. The monoisotopic (exact) mass is 264 g/mol. The first-order valence-corrected chi connectivity index (χ1v) is 7.03. The van der Waals surface area contributed by atoms with Gasteiger partial charge in [0.05, 0.1) is 6.10 Å². The van der Waals surface area contributed by atoms with E-state index in [1.165, 1.54) is 0 Å². The van der Waals surface area contributed by atoms with Gasteiger partial charge in [-0.25, -0.2) is 0 Å². The Labute approximate surface area is 113 Å². The van der Waals surface area contributed by atoms with Gasteiger partial charge < -0.3 is 19.7 Å². The largest absolute Gasteiger partial charge is 0.490 e. The standard InChI is InChI=1S/C15H20O4/c16-12-4-2-1-3-5-14(12)19-10-6-7-11-13(17)9-18-15(11)8-10/h6-8,12-14,16-17H,1-5,9H2. The van der Waals surface area contributed by atoms with Crippen molar-refractivity contribution in [2.24, 2.45) is 0 Å². The van der Waals surface area contributed by atoms with Crippen molar-refractivity contribution in [1.29, 1.82) is 0 Å². The average molecular weight is 264 g/mol. The fourth-order valence-electron chi connectivity index (χ4n) is 2.81. The highest BCUT2D eigenvalue weighted by molar-refractivity contribution is 5.44. The van der Waals surface area contributed by atoms with Crippen molar-refractivity contribution in [3.8, 4) is 11.5 Å². The maximum Gasteiger partial charge on any atom is 0.129 e. The fourth-order valence-corrected chi connectivity index (χ4v) is 2.81. The summed E-state index contributed by atoms with van der Waals surface area (Å²) in [6.07, 6.45) is 3.98. The van der Waals surface area contributed by atoms with Crippen molar-refractivity contribution in [3.63, 3.8) is 0 Å². The topological polar surface area (TPSA) is 58.9 Å². The molecule has 1 aliphatic heterocycles. The van der Waals surface area contributed by atoms with E-state index in [1.54, 1.807) is 0 Å². The zero-order chi connectivity index (χ0) is 13.2. The predicted molar refractivity (Wildman–Crippen MR) is 70.4 cm³/mol. The van der Waals surface area contributed by atoms with Crippen LogP contribution < -0.4 is 9.47 Å². The van der Waals surface area contributed by atoms with Crippen LogP contribution in [0.5, 0.6) is 11.5 Å². The summed E-state index contributed by atoms with van der Waals surface area (Å²) < 4.78 is 11.3. The second kappa shape index (κ2) is 5.39. The van der Waals surface area contributed by atoms with E-state index in [0.29, 0.717) is 18.1 Å². The molecule has 3 unspecified atom stereocenters. The second-order valence-electron chi connectivity index (χ2n) is 5.39. The number of hydrogen-bond donors (Lipinski definition) is 2. The van der Waals surface area contributed by atoms with Gasteiger partial charge in [0.25, 0.3) is 0 Å². The molecule has 1 fully saturated rings. The van der Waals surface area contributed by atoms with Crippen LogP contribution in [0, 0.1) is 0 Å². The molecule has 0 aromatic heterocycles. The van der Waals surface area contributed by atoms with E-state index < -0.39 is 6.10 Å². The molecule has 0 bridgehead atoms. The molecule has 4 heteroatoms. The Morgan fingerprint density at radius 2 is 1.95 bits per heavy atom. The molecule has 1 saturated carbocycles. The molecular weight excluding hydrogens is 244 g/mol. The third kappa shape index (κ3) is 2.69. The van der Waals surface area contributed by atoms with Crippen LogP contribution in [0.2, 0.25) is 0 Å². The molecule has 3 atom stereocenters. The van der Waals surface area contributed by atoms with Crippen LogP contribution in [0.3, 0.4) is 0 Å². The first-order chi connectivity index (χ1) is 9.24. The number of hydrogen-bond acceptors (Lipinski definition) is 4. The highest BCUT2D eigenvalue weighted by Crippen LogP contribution is 2.36. The highest BCUT2D eigenvalue weighted by atomic mass is 16.5. The number of aliphatic hydroxyl groups is 2. The van der Waals surface area contributed by atoms with E-state index in [4.69, 9.17) is 9.47 Å². The molecule has 0 radical (unpaired) electrons. The van der Waals surface area contributed by atoms with Gasteiger partial charge in [-0.3, -0.25) is 0 Å². The Morgan fingerprint density at radius 3 is 2.84 bits per heavy atom. The lowest BCUT2D eigenvalue weighted by Crippen LogP contribution is -2.30. The number of rotatable bonds is 2. The van der Waals surface area contributed by atoms with Crippen LogP contribution in [0.1, 0.15) is 43.8 Å². The molecule has 4 nitrogen and oxygen atoms in total. The molecule has 0 saturated heterocycles. The molecule has 1 heterocycles. The summed E-state index contributed by atoms with van der Waals surface area (Å²) in [6, 6.07) is 5.49. The summed E-state index contributed by atoms with van der Waals surface area (Å²) in [4.78, 5) is 0. The zero-order valence-corrected chi connectivity index (χ0v) is 10.9. The van der Waals surface area contributed by atoms with Crippen molar-refractivity contribution < 1.29 is 19.7 Å². The van der Waals surface area contributed by atoms with E-state index >= 15 is 0 Å². The average Bonchev–Trinajstić information content (AvgIpc) is 2.65. The molecule has 0 spiro atoms. The molecule has 104 valence electrons. The quantitative estimate of drug-likeness (QED) is 0.804. The summed E-state index contributed by atoms with van der Waals surface area (Å²) in [7, 11) is 0. The maximum atomic E-state index is 10.0. The minimum absolute atomic E-state index is 0.133. The van der Waals surface area contributed by atoms with Crippen LogP contribution >= 0.6 is 0 Å². The highest BCUT2D eigenvalue weighted by Gasteiger charge is 2.25. The summed E-state index contributed by atoms with van der Waals surface area (Å²) >= 11 is 0. The van der Waals surface area contributed by atoms with Gasteiger partial charge in [-0.05, 0) is 31.4 Å². The Balaban J connectivity index is 1.72. The molecule has 1 aromatic carbocycles. The van der Waals surface area contributed by atoms with Gasteiger partial charge in [0, 0.05) is 11.6 Å². The summed E-state index contributed by atoms with van der Waals surface area (Å²) in [5.74, 6) is 1.40. The van der Waals surface area contributed by atoms with Crippen molar-refractivity contribution in [2.45, 2.75) is 50.4 Å². The Hall–Kier alpha value is -1.26. The van der Waals surface area contributed by atoms with Crippen LogP contribution in [-0.4, -0.2) is 29.0 Å². The maximum absolute atomic E-state index is 10.0. The first kappa shape index (κ1) is 12.8. The third-order valence-electron chi connectivity index (χ3n) is 3.95. The summed E-state index contributed by atoms with van der Waals surface area (Å²) in [5.41, 5.74) is 0.814. The number of fused-ring (bicyclic) bond motifs is 1. The number of ether oxygens (including phenoxy) is 2. The van der Waals surface area contributed by atoms with Gasteiger partial charge in [-0.2, -0.15) is 0 Å². The Bertz CT molecular complexity index is 446. The molecule has 0 amide bonds. The molecule has 2 N–H and O–H groups in total. The SMILES string of the molecule is OC1COc2cc(OC3CCCCCC3O)ccc21. The lowest BCUT2D eigenvalue weighted by Gasteiger charge is -2.22. The number of benzene rings is 1. The lowest BCUT2D eigenvalue weighted by atomic mass is 10.1. The predicted octanol–water partition coefficient (Wildman–Crippen LogP) is 2.18. The second-order valence-corrected chi connectivity index (χ2v) is 5.39. The minimum Gasteiger partial charge on any atom is -0.490 e. The van der Waals surface area contributed by atoms with Gasteiger partial charge in [-0.1, -0.05) is 12.8 Å².